The predicted octanol–water partition coefficient (Wildman–Crippen LogP) is 5.20. The van der Waals surface area contributed by atoms with Crippen LogP contribution in [0.25, 0.3) is 32.8 Å². The maximum absolute atomic E-state index is 13.3. The molecular weight excluding hydrogens is 404 g/mol. The van der Waals surface area contributed by atoms with Crippen molar-refractivity contribution in [2.75, 3.05) is 6.54 Å². The van der Waals surface area contributed by atoms with Gasteiger partial charge in [-0.05, 0) is 70.8 Å². The fraction of sp³-hybridized carbons (Fsp3) is 0.0769. The number of rotatable bonds is 5. The van der Waals surface area contributed by atoms with Crippen LogP contribution in [0.5, 0.6) is 0 Å². The number of hydrogen-bond donors (Lipinski definition) is 1. The van der Waals surface area contributed by atoms with Gasteiger partial charge in [0.05, 0.1) is 10.4 Å². The Morgan fingerprint density at radius 2 is 1.42 bits per heavy atom. The third-order valence-electron chi connectivity index (χ3n) is 5.65. The van der Waals surface area contributed by atoms with Crippen LogP contribution in [-0.4, -0.2) is 18.9 Å². The summed E-state index contributed by atoms with van der Waals surface area (Å²) in [5.74, 6) is 0. The Labute approximate surface area is 181 Å². The standard InChI is InChI=1S/C26H22N2O2S/c27-15-14-23-18-28(31(29,30)24-8-2-1-3-9-24)26-13-12-22(17-25(23)26)21-11-10-19-6-4-5-7-20(19)16-21/h1-13,16-18H,14-15,27H2. The van der Waals surface area contributed by atoms with Gasteiger partial charge >= 0.3 is 0 Å². The van der Waals surface area contributed by atoms with Crippen LogP contribution in [0.1, 0.15) is 5.56 Å². The number of benzene rings is 4. The Bertz CT molecular complexity index is 1500. The molecule has 0 unspecified atom stereocenters. The van der Waals surface area contributed by atoms with Gasteiger partial charge in [-0.25, -0.2) is 12.4 Å². The Kier molecular flexibility index (Phi) is 4.85. The van der Waals surface area contributed by atoms with Gasteiger partial charge in [0.25, 0.3) is 10.0 Å². The number of nitrogens with zero attached hydrogens (tertiary/aromatic N) is 1. The van der Waals surface area contributed by atoms with Crippen LogP contribution in [0.4, 0.5) is 0 Å². The zero-order valence-electron chi connectivity index (χ0n) is 16.9. The smallest absolute Gasteiger partial charge is 0.268 e. The van der Waals surface area contributed by atoms with Crippen LogP contribution in [0.3, 0.4) is 0 Å². The second kappa shape index (κ2) is 7.69. The molecular formula is C26H22N2O2S. The minimum Gasteiger partial charge on any atom is -0.330 e. The van der Waals surface area contributed by atoms with E-state index < -0.39 is 10.0 Å². The van der Waals surface area contributed by atoms with Crippen molar-refractivity contribution in [2.24, 2.45) is 5.73 Å². The monoisotopic (exact) mass is 426 g/mol. The predicted molar refractivity (Wildman–Crippen MR) is 127 cm³/mol. The number of nitrogens with two attached hydrogens (primary N) is 1. The van der Waals surface area contributed by atoms with E-state index in [0.717, 1.165) is 22.1 Å². The van der Waals surface area contributed by atoms with E-state index in [1.54, 1.807) is 30.5 Å². The number of hydrogen-bond acceptors (Lipinski definition) is 3. The Hall–Kier alpha value is -3.41. The summed E-state index contributed by atoms with van der Waals surface area (Å²) >= 11 is 0. The van der Waals surface area contributed by atoms with E-state index in [-0.39, 0.29) is 4.90 Å². The first-order valence-electron chi connectivity index (χ1n) is 10.2. The third kappa shape index (κ3) is 3.42. The van der Waals surface area contributed by atoms with E-state index in [1.165, 1.54) is 14.7 Å². The first kappa shape index (κ1) is 19.5. The quantitative estimate of drug-likeness (QED) is 0.420. The molecule has 4 nitrogen and oxygen atoms in total. The Balaban J connectivity index is 1.69. The van der Waals surface area contributed by atoms with Crippen LogP contribution in [0.15, 0.2) is 102 Å². The van der Waals surface area contributed by atoms with Crippen molar-refractivity contribution in [3.8, 4) is 11.1 Å². The molecule has 0 radical (unpaired) electrons. The highest BCUT2D eigenvalue weighted by molar-refractivity contribution is 7.90. The molecule has 0 aliphatic carbocycles. The van der Waals surface area contributed by atoms with Crippen LogP contribution in [0, 0.1) is 0 Å². The van der Waals surface area contributed by atoms with E-state index in [0.29, 0.717) is 18.5 Å². The first-order valence-corrected chi connectivity index (χ1v) is 11.7. The lowest BCUT2D eigenvalue weighted by Gasteiger charge is -2.09. The highest BCUT2D eigenvalue weighted by Gasteiger charge is 2.21. The highest BCUT2D eigenvalue weighted by atomic mass is 32.2. The summed E-state index contributed by atoms with van der Waals surface area (Å²) in [6.07, 6.45) is 2.32. The molecule has 1 heterocycles. The molecule has 0 spiro atoms. The van der Waals surface area contributed by atoms with Gasteiger partial charge in [-0.15, -0.1) is 0 Å². The molecule has 2 N–H and O–H groups in total. The highest BCUT2D eigenvalue weighted by Crippen LogP contribution is 2.32. The van der Waals surface area contributed by atoms with E-state index >= 15 is 0 Å². The zero-order valence-corrected chi connectivity index (χ0v) is 17.7. The van der Waals surface area contributed by atoms with Crippen molar-refractivity contribution >= 4 is 31.7 Å². The number of fused-ring (bicyclic) bond motifs is 2. The topological polar surface area (TPSA) is 65.1 Å². The Morgan fingerprint density at radius 3 is 2.19 bits per heavy atom. The van der Waals surface area contributed by atoms with Gasteiger partial charge in [0.15, 0.2) is 0 Å². The molecule has 0 atom stereocenters. The molecule has 0 saturated carbocycles. The van der Waals surface area contributed by atoms with Gasteiger partial charge in [-0.3, -0.25) is 0 Å². The molecule has 5 aromatic rings. The van der Waals surface area contributed by atoms with E-state index in [9.17, 15) is 8.42 Å². The van der Waals surface area contributed by atoms with E-state index in [1.807, 2.05) is 30.3 Å². The normalized spacial score (nSPS) is 11.9. The first-order chi connectivity index (χ1) is 15.1. The minimum absolute atomic E-state index is 0.268. The van der Waals surface area contributed by atoms with Crippen molar-refractivity contribution < 1.29 is 8.42 Å². The van der Waals surface area contributed by atoms with Crippen LogP contribution in [0.2, 0.25) is 0 Å². The molecule has 0 fully saturated rings. The summed E-state index contributed by atoms with van der Waals surface area (Å²) in [5.41, 5.74) is 9.57. The third-order valence-corrected chi connectivity index (χ3v) is 7.34. The van der Waals surface area contributed by atoms with Crippen LogP contribution >= 0.6 is 0 Å². The lowest BCUT2D eigenvalue weighted by atomic mass is 9.99. The van der Waals surface area contributed by atoms with Crippen molar-refractivity contribution in [1.29, 1.82) is 0 Å². The maximum Gasteiger partial charge on any atom is 0.268 e. The van der Waals surface area contributed by atoms with Crippen LogP contribution < -0.4 is 5.73 Å². The van der Waals surface area contributed by atoms with Gasteiger partial charge < -0.3 is 5.73 Å². The molecule has 0 aliphatic rings. The van der Waals surface area contributed by atoms with Gasteiger partial charge in [0.1, 0.15) is 0 Å². The summed E-state index contributed by atoms with van der Waals surface area (Å²) in [6.45, 7) is 0.449. The summed E-state index contributed by atoms with van der Waals surface area (Å²) in [6, 6.07) is 29.1. The molecule has 0 aliphatic heterocycles. The van der Waals surface area contributed by atoms with Gasteiger partial charge in [-0.1, -0.05) is 60.7 Å². The van der Waals surface area contributed by atoms with Crippen molar-refractivity contribution in [3.63, 3.8) is 0 Å². The van der Waals surface area contributed by atoms with Gasteiger partial charge in [0, 0.05) is 11.6 Å². The second-order valence-corrected chi connectivity index (χ2v) is 9.42. The Morgan fingerprint density at radius 1 is 0.742 bits per heavy atom. The van der Waals surface area contributed by atoms with Crippen LogP contribution in [-0.2, 0) is 16.4 Å². The van der Waals surface area contributed by atoms with Gasteiger partial charge in [0.2, 0.25) is 0 Å². The van der Waals surface area contributed by atoms with Gasteiger partial charge in [-0.2, -0.15) is 0 Å². The van der Waals surface area contributed by atoms with Crippen molar-refractivity contribution in [3.05, 3.63) is 103 Å². The molecule has 5 rings (SSSR count). The average molecular weight is 427 g/mol. The summed E-state index contributed by atoms with van der Waals surface area (Å²) in [4.78, 5) is 0.268. The largest absolute Gasteiger partial charge is 0.330 e. The summed E-state index contributed by atoms with van der Waals surface area (Å²) in [5, 5.41) is 3.28. The summed E-state index contributed by atoms with van der Waals surface area (Å²) < 4.78 is 28.0. The second-order valence-electron chi connectivity index (χ2n) is 7.60. The fourth-order valence-electron chi connectivity index (χ4n) is 4.07. The molecule has 5 heteroatoms. The summed E-state index contributed by atoms with van der Waals surface area (Å²) in [7, 11) is -3.69. The lowest BCUT2D eigenvalue weighted by Crippen LogP contribution is -2.11. The SMILES string of the molecule is NCCc1cn(S(=O)(=O)c2ccccc2)c2ccc(-c3ccc4ccccc4c3)cc12. The molecule has 4 aromatic carbocycles. The van der Waals surface area contributed by atoms with Crippen molar-refractivity contribution in [1.82, 2.24) is 3.97 Å². The fourth-order valence-corrected chi connectivity index (χ4v) is 5.49. The maximum atomic E-state index is 13.3. The molecule has 1 aromatic heterocycles. The molecule has 0 bridgehead atoms. The molecule has 0 amide bonds. The molecule has 31 heavy (non-hydrogen) atoms. The van der Waals surface area contributed by atoms with Crippen molar-refractivity contribution in [2.45, 2.75) is 11.3 Å². The lowest BCUT2D eigenvalue weighted by molar-refractivity contribution is 0.589. The average Bonchev–Trinajstić information content (AvgIpc) is 3.18. The van der Waals surface area contributed by atoms with E-state index in [4.69, 9.17) is 5.73 Å². The zero-order chi connectivity index (χ0) is 21.4. The molecule has 0 saturated heterocycles. The molecule has 154 valence electrons. The van der Waals surface area contributed by atoms with E-state index in [2.05, 4.69) is 36.4 Å². The minimum atomic E-state index is -3.69. The number of aromatic nitrogens is 1.